The first kappa shape index (κ1) is 11.6. The van der Waals surface area contributed by atoms with Gasteiger partial charge >= 0.3 is 0 Å². The lowest BCUT2D eigenvalue weighted by Crippen LogP contribution is -2.14. The number of aryl methyl sites for hydroxylation is 1. The molecule has 0 saturated heterocycles. The van der Waals surface area contributed by atoms with Crippen molar-refractivity contribution in [2.45, 2.75) is 11.9 Å². The Hall–Kier alpha value is -1.89. The summed E-state index contributed by atoms with van der Waals surface area (Å²) in [4.78, 5) is 6.04. The zero-order valence-corrected chi connectivity index (χ0v) is 9.75. The van der Waals surface area contributed by atoms with Crippen molar-refractivity contribution in [1.82, 2.24) is 9.97 Å². The van der Waals surface area contributed by atoms with Gasteiger partial charge in [-0.25, -0.2) is 9.37 Å². The number of halogens is 1. The van der Waals surface area contributed by atoms with Gasteiger partial charge in [0.2, 0.25) is 0 Å². The van der Waals surface area contributed by atoms with E-state index in [1.165, 1.54) is 18.5 Å². The van der Waals surface area contributed by atoms with Gasteiger partial charge in [0.1, 0.15) is 5.82 Å². The average Bonchev–Trinajstić information content (AvgIpc) is 2.76. The zero-order valence-electron chi connectivity index (χ0n) is 8.94. The number of nitrogens with one attached hydrogen (secondary N) is 2. The van der Waals surface area contributed by atoms with Crippen LogP contribution in [0.2, 0.25) is 0 Å². The number of hydrogen-bond donors (Lipinski definition) is 2. The number of anilines is 1. The van der Waals surface area contributed by atoms with Crippen LogP contribution in [0.5, 0.6) is 0 Å². The molecule has 0 aliphatic rings. The van der Waals surface area contributed by atoms with Gasteiger partial charge in [0, 0.05) is 0 Å². The maximum absolute atomic E-state index is 13.5. The molecule has 0 bridgehead atoms. The number of imidazole rings is 1. The molecule has 0 spiro atoms. The molecule has 2 N–H and O–H groups in total. The average molecular weight is 255 g/mol. The van der Waals surface area contributed by atoms with Crippen LogP contribution in [0.3, 0.4) is 0 Å². The number of hydrogen-bond acceptors (Lipinski definition) is 3. The molecule has 0 saturated carbocycles. The molecule has 0 atom stereocenters. The third-order valence-electron chi connectivity index (χ3n) is 2.13. The van der Waals surface area contributed by atoms with E-state index in [1.807, 2.05) is 0 Å². The molecule has 0 aliphatic carbocycles. The summed E-state index contributed by atoms with van der Waals surface area (Å²) >= 11 is 0. The fourth-order valence-corrected chi connectivity index (χ4v) is 2.27. The third kappa shape index (κ3) is 2.44. The molecule has 0 aliphatic heterocycles. The second-order valence-electron chi connectivity index (χ2n) is 3.50. The third-order valence-corrected chi connectivity index (χ3v) is 3.42. The standard InChI is InChI=1S/C10H10FN3O2S/c1-7-2-3-9(8(11)4-7)14-17(15,16)10-5-12-6-13-10/h2-6,14H,1H3,(H,12,13). The molecular formula is C10H10FN3O2S. The highest BCUT2D eigenvalue weighted by atomic mass is 32.2. The maximum Gasteiger partial charge on any atom is 0.279 e. The number of benzene rings is 1. The van der Waals surface area contributed by atoms with E-state index in [4.69, 9.17) is 0 Å². The van der Waals surface area contributed by atoms with Crippen molar-refractivity contribution >= 4 is 15.7 Å². The summed E-state index contributed by atoms with van der Waals surface area (Å²) < 4.78 is 39.1. The van der Waals surface area contributed by atoms with Gasteiger partial charge in [-0.05, 0) is 24.6 Å². The van der Waals surface area contributed by atoms with Crippen LogP contribution in [-0.4, -0.2) is 18.4 Å². The first-order valence-corrected chi connectivity index (χ1v) is 6.25. The number of rotatable bonds is 3. The van der Waals surface area contributed by atoms with Crippen molar-refractivity contribution in [3.8, 4) is 0 Å². The minimum atomic E-state index is -3.81. The SMILES string of the molecule is Cc1ccc(NS(=O)(=O)c2cnc[nH]2)c(F)c1. The Labute approximate surface area is 97.8 Å². The number of aromatic nitrogens is 2. The van der Waals surface area contributed by atoms with E-state index in [9.17, 15) is 12.8 Å². The lowest BCUT2D eigenvalue weighted by atomic mass is 10.2. The molecule has 5 nitrogen and oxygen atoms in total. The molecule has 17 heavy (non-hydrogen) atoms. The highest BCUT2D eigenvalue weighted by Crippen LogP contribution is 2.18. The smallest absolute Gasteiger partial charge is 0.279 e. The van der Waals surface area contributed by atoms with Crippen molar-refractivity contribution in [3.63, 3.8) is 0 Å². The predicted octanol–water partition coefficient (Wildman–Crippen LogP) is 1.66. The fourth-order valence-electron chi connectivity index (χ4n) is 1.29. The van der Waals surface area contributed by atoms with Crippen molar-refractivity contribution in [3.05, 3.63) is 42.1 Å². The van der Waals surface area contributed by atoms with Crippen LogP contribution in [0, 0.1) is 12.7 Å². The predicted molar refractivity (Wildman–Crippen MR) is 60.5 cm³/mol. The highest BCUT2D eigenvalue weighted by Gasteiger charge is 2.17. The molecule has 1 aromatic heterocycles. The van der Waals surface area contributed by atoms with Crippen molar-refractivity contribution < 1.29 is 12.8 Å². The first-order valence-electron chi connectivity index (χ1n) is 4.76. The quantitative estimate of drug-likeness (QED) is 0.875. The molecule has 1 heterocycles. The zero-order chi connectivity index (χ0) is 12.5. The van der Waals surface area contributed by atoms with Crippen molar-refractivity contribution in [2.75, 3.05) is 4.72 Å². The summed E-state index contributed by atoms with van der Waals surface area (Å²) in [6.07, 6.45) is 2.38. The van der Waals surface area contributed by atoms with E-state index in [0.717, 1.165) is 6.20 Å². The summed E-state index contributed by atoms with van der Waals surface area (Å²) in [5.41, 5.74) is 0.622. The summed E-state index contributed by atoms with van der Waals surface area (Å²) in [6.45, 7) is 1.72. The van der Waals surface area contributed by atoms with Gasteiger partial charge in [0.05, 0.1) is 18.2 Å². The van der Waals surface area contributed by atoms with E-state index in [2.05, 4.69) is 14.7 Å². The summed E-state index contributed by atoms with van der Waals surface area (Å²) in [6, 6.07) is 4.25. The lowest BCUT2D eigenvalue weighted by Gasteiger charge is -2.07. The summed E-state index contributed by atoms with van der Waals surface area (Å²) in [5, 5.41) is -0.113. The minimum Gasteiger partial charge on any atom is -0.334 e. The number of H-pyrrole nitrogens is 1. The maximum atomic E-state index is 13.5. The van der Waals surface area contributed by atoms with Gasteiger partial charge < -0.3 is 4.98 Å². The van der Waals surface area contributed by atoms with Gasteiger partial charge in [0.15, 0.2) is 5.03 Å². The Morgan fingerprint density at radius 3 is 2.76 bits per heavy atom. The highest BCUT2D eigenvalue weighted by molar-refractivity contribution is 7.92. The van der Waals surface area contributed by atoms with Crippen LogP contribution in [-0.2, 0) is 10.0 Å². The largest absolute Gasteiger partial charge is 0.334 e. The molecule has 1 aromatic carbocycles. The number of aromatic amines is 1. The van der Waals surface area contributed by atoms with Gasteiger partial charge in [-0.2, -0.15) is 8.42 Å². The van der Waals surface area contributed by atoms with E-state index in [0.29, 0.717) is 5.56 Å². The minimum absolute atomic E-state index is 0.0924. The molecule has 90 valence electrons. The molecular weight excluding hydrogens is 245 g/mol. The summed E-state index contributed by atoms with van der Waals surface area (Å²) in [5.74, 6) is -0.618. The van der Waals surface area contributed by atoms with Gasteiger partial charge in [-0.1, -0.05) is 6.07 Å². The Balaban J connectivity index is 2.33. The van der Waals surface area contributed by atoms with Crippen LogP contribution in [0.25, 0.3) is 0 Å². The van der Waals surface area contributed by atoms with Crippen LogP contribution < -0.4 is 4.72 Å². The summed E-state index contributed by atoms with van der Waals surface area (Å²) in [7, 11) is -3.81. The first-order chi connectivity index (χ1) is 7.99. The molecule has 2 aromatic rings. The normalized spacial score (nSPS) is 11.4. The Bertz CT molecular complexity index is 623. The van der Waals surface area contributed by atoms with Gasteiger partial charge in [-0.3, -0.25) is 4.72 Å². The van der Waals surface area contributed by atoms with Crippen LogP contribution in [0.15, 0.2) is 35.7 Å². The van der Waals surface area contributed by atoms with Crippen LogP contribution in [0.4, 0.5) is 10.1 Å². The van der Waals surface area contributed by atoms with Gasteiger partial charge in [-0.15, -0.1) is 0 Å². The number of sulfonamides is 1. The van der Waals surface area contributed by atoms with Crippen molar-refractivity contribution in [2.24, 2.45) is 0 Å². The monoisotopic (exact) mass is 255 g/mol. The van der Waals surface area contributed by atoms with Gasteiger partial charge in [0.25, 0.3) is 10.0 Å². The molecule has 0 radical (unpaired) electrons. The topological polar surface area (TPSA) is 74.8 Å². The van der Waals surface area contributed by atoms with E-state index < -0.39 is 15.8 Å². The Morgan fingerprint density at radius 2 is 2.18 bits per heavy atom. The van der Waals surface area contributed by atoms with E-state index in [-0.39, 0.29) is 10.7 Å². The van der Waals surface area contributed by atoms with E-state index in [1.54, 1.807) is 13.0 Å². The molecule has 2 rings (SSSR count). The Kier molecular flexibility index (Phi) is 2.84. The molecule has 7 heteroatoms. The molecule has 0 unspecified atom stereocenters. The molecule has 0 amide bonds. The fraction of sp³-hybridized carbons (Fsp3) is 0.100. The van der Waals surface area contributed by atoms with E-state index >= 15 is 0 Å². The second-order valence-corrected chi connectivity index (χ2v) is 5.16. The number of nitrogens with zero attached hydrogens (tertiary/aromatic N) is 1. The van der Waals surface area contributed by atoms with Crippen LogP contribution in [0.1, 0.15) is 5.56 Å². The second kappa shape index (κ2) is 4.17. The van der Waals surface area contributed by atoms with Crippen LogP contribution >= 0.6 is 0 Å². The van der Waals surface area contributed by atoms with Crippen molar-refractivity contribution in [1.29, 1.82) is 0 Å². The molecule has 0 fully saturated rings. The Morgan fingerprint density at radius 1 is 1.41 bits per heavy atom. The lowest BCUT2D eigenvalue weighted by molar-refractivity contribution is 0.595.